The molecule has 0 unspecified atom stereocenters. The molecule has 2 aromatic rings. The first-order valence-corrected chi connectivity index (χ1v) is 7.11. The number of rotatable bonds is 2. The molecule has 1 heterocycles. The molecule has 0 amide bonds. The average molecular weight is 318 g/mol. The number of fused-ring (bicyclic) bond motifs is 1. The highest BCUT2D eigenvalue weighted by Gasteiger charge is 2.28. The van der Waals surface area contributed by atoms with Gasteiger partial charge < -0.3 is 10.1 Å². The van der Waals surface area contributed by atoms with E-state index in [1.54, 1.807) is 12.1 Å². The number of ketones is 1. The minimum atomic E-state index is -1.34. The quantitative estimate of drug-likeness (QED) is 0.891. The number of pyridine rings is 1. The summed E-state index contributed by atoms with van der Waals surface area (Å²) in [6.45, 7) is 0. The molecule has 2 N–H and O–H groups in total. The molecule has 1 aromatic heterocycles. The van der Waals surface area contributed by atoms with E-state index < -0.39 is 17.1 Å². The van der Waals surface area contributed by atoms with E-state index in [2.05, 4.69) is 4.98 Å². The molecule has 0 fully saturated rings. The fourth-order valence-electron chi connectivity index (χ4n) is 2.76. The van der Waals surface area contributed by atoms with Gasteiger partial charge in [-0.3, -0.25) is 9.59 Å². The van der Waals surface area contributed by atoms with Crippen molar-refractivity contribution in [3.05, 3.63) is 68.1 Å². The molecule has 3 rings (SSSR count). The number of nitrogens with one attached hydrogen (secondary N) is 1. The van der Waals surface area contributed by atoms with Crippen molar-refractivity contribution in [3.8, 4) is 0 Å². The van der Waals surface area contributed by atoms with Crippen LogP contribution in [-0.2, 0) is 6.42 Å². The number of H-pyrrole nitrogens is 1. The third kappa shape index (κ3) is 2.55. The summed E-state index contributed by atoms with van der Waals surface area (Å²) in [4.78, 5) is 37.6. The van der Waals surface area contributed by atoms with Crippen LogP contribution in [0.5, 0.6) is 0 Å². The summed E-state index contributed by atoms with van der Waals surface area (Å²) in [5.41, 5.74) is 0.660. The zero-order valence-corrected chi connectivity index (χ0v) is 12.2. The van der Waals surface area contributed by atoms with Crippen LogP contribution in [0.3, 0.4) is 0 Å². The highest BCUT2D eigenvalue weighted by molar-refractivity contribution is 6.30. The Morgan fingerprint density at radius 2 is 1.86 bits per heavy atom. The van der Waals surface area contributed by atoms with E-state index >= 15 is 0 Å². The van der Waals surface area contributed by atoms with Crippen LogP contribution >= 0.6 is 11.6 Å². The number of aromatic nitrogens is 1. The number of carbonyl (C=O) groups is 2. The number of carboxylic acids is 1. The maximum Gasteiger partial charge on any atom is 0.341 e. The lowest BCUT2D eigenvalue weighted by molar-refractivity contribution is 0.0695. The van der Waals surface area contributed by atoms with Crippen LogP contribution in [0.1, 0.15) is 44.3 Å². The molecular weight excluding hydrogens is 306 g/mol. The highest BCUT2D eigenvalue weighted by Crippen LogP contribution is 2.32. The number of hydrogen-bond acceptors (Lipinski definition) is 3. The molecule has 0 spiro atoms. The maximum absolute atomic E-state index is 12.3. The molecule has 0 saturated carbocycles. The molecule has 0 saturated heterocycles. The van der Waals surface area contributed by atoms with Crippen LogP contribution < -0.4 is 5.56 Å². The largest absolute Gasteiger partial charge is 0.477 e. The van der Waals surface area contributed by atoms with Gasteiger partial charge in [-0.05, 0) is 36.1 Å². The van der Waals surface area contributed by atoms with E-state index in [9.17, 15) is 14.4 Å². The van der Waals surface area contributed by atoms with Crippen molar-refractivity contribution in [3.63, 3.8) is 0 Å². The summed E-state index contributed by atoms with van der Waals surface area (Å²) in [6.07, 6.45) is 0.761. The fourth-order valence-corrected chi connectivity index (χ4v) is 2.89. The van der Waals surface area contributed by atoms with Crippen molar-refractivity contribution < 1.29 is 14.7 Å². The minimum absolute atomic E-state index is 0.0522. The van der Waals surface area contributed by atoms with Crippen molar-refractivity contribution in [2.24, 2.45) is 0 Å². The van der Waals surface area contributed by atoms with Gasteiger partial charge in [0.2, 0.25) is 0 Å². The molecule has 0 bridgehead atoms. The van der Waals surface area contributed by atoms with E-state index in [0.29, 0.717) is 22.7 Å². The van der Waals surface area contributed by atoms with E-state index in [-0.39, 0.29) is 18.1 Å². The van der Waals surface area contributed by atoms with Crippen molar-refractivity contribution >= 4 is 23.4 Å². The van der Waals surface area contributed by atoms with E-state index in [1.165, 1.54) is 6.07 Å². The Kier molecular flexibility index (Phi) is 3.58. The highest BCUT2D eigenvalue weighted by atomic mass is 35.5. The van der Waals surface area contributed by atoms with Crippen LogP contribution in [0, 0.1) is 0 Å². The Morgan fingerprint density at radius 3 is 2.50 bits per heavy atom. The van der Waals surface area contributed by atoms with Gasteiger partial charge in [0.05, 0.1) is 0 Å². The van der Waals surface area contributed by atoms with Crippen molar-refractivity contribution in [2.45, 2.75) is 18.8 Å². The van der Waals surface area contributed by atoms with E-state index in [0.717, 1.165) is 5.56 Å². The molecule has 112 valence electrons. The van der Waals surface area contributed by atoms with Crippen LogP contribution in [0.15, 0.2) is 35.1 Å². The van der Waals surface area contributed by atoms with Crippen molar-refractivity contribution in [1.82, 2.24) is 4.98 Å². The van der Waals surface area contributed by atoms with Crippen molar-refractivity contribution in [1.29, 1.82) is 0 Å². The average Bonchev–Trinajstić information content (AvgIpc) is 2.46. The molecule has 5 nitrogen and oxygen atoms in total. The summed E-state index contributed by atoms with van der Waals surface area (Å²) < 4.78 is 0. The Balaban J connectivity index is 2.01. The van der Waals surface area contributed by atoms with Crippen LogP contribution in [-0.4, -0.2) is 21.8 Å². The molecule has 1 atom stereocenters. The first-order valence-electron chi connectivity index (χ1n) is 6.74. The molecule has 0 radical (unpaired) electrons. The Hall–Kier alpha value is -2.40. The van der Waals surface area contributed by atoms with Gasteiger partial charge in [-0.2, -0.15) is 0 Å². The van der Waals surface area contributed by atoms with Crippen molar-refractivity contribution in [2.75, 3.05) is 0 Å². The molecule has 1 aliphatic carbocycles. The number of Topliss-reactive ketones (excluding diaryl/α,β-unsaturated/α-hetero) is 1. The van der Waals surface area contributed by atoms with Gasteiger partial charge in [0.25, 0.3) is 5.56 Å². The number of benzene rings is 1. The Morgan fingerprint density at radius 1 is 1.18 bits per heavy atom. The molecule has 22 heavy (non-hydrogen) atoms. The fraction of sp³-hybridized carbons (Fsp3) is 0.188. The first-order chi connectivity index (χ1) is 10.5. The summed E-state index contributed by atoms with van der Waals surface area (Å²) in [6, 6.07) is 8.40. The molecule has 1 aromatic carbocycles. The lowest BCUT2D eigenvalue weighted by Crippen LogP contribution is -2.27. The minimum Gasteiger partial charge on any atom is -0.477 e. The van der Waals surface area contributed by atoms with E-state index in [4.69, 9.17) is 16.7 Å². The normalized spacial score (nSPS) is 17.1. The Bertz CT molecular complexity index is 823. The monoisotopic (exact) mass is 317 g/mol. The van der Waals surface area contributed by atoms with Crippen LogP contribution in [0.2, 0.25) is 5.02 Å². The second kappa shape index (κ2) is 5.42. The van der Waals surface area contributed by atoms with Gasteiger partial charge in [0, 0.05) is 22.7 Å². The van der Waals surface area contributed by atoms with Crippen LogP contribution in [0.25, 0.3) is 0 Å². The van der Waals surface area contributed by atoms with Gasteiger partial charge in [0.1, 0.15) is 5.56 Å². The second-order valence-corrected chi connectivity index (χ2v) is 5.73. The van der Waals surface area contributed by atoms with Gasteiger partial charge in [-0.15, -0.1) is 0 Å². The topological polar surface area (TPSA) is 87.2 Å². The lowest BCUT2D eigenvalue weighted by atomic mass is 9.81. The summed E-state index contributed by atoms with van der Waals surface area (Å²) >= 11 is 5.86. The number of aromatic carboxylic acids is 1. The SMILES string of the molecule is O=C1C[C@H](c2ccc(Cl)cc2)Cc2[nH]c(=O)c(C(=O)O)cc21. The standard InChI is InChI=1S/C16H12ClNO4/c17-10-3-1-8(2-4-10)9-5-13-11(14(19)6-9)7-12(16(21)22)15(20)18-13/h1-4,7,9H,5-6H2,(H,18,20)(H,21,22)/t9-/m1/s1. The molecule has 6 heteroatoms. The zero-order chi connectivity index (χ0) is 15.9. The zero-order valence-electron chi connectivity index (χ0n) is 11.4. The summed E-state index contributed by atoms with van der Waals surface area (Å²) in [7, 11) is 0. The summed E-state index contributed by atoms with van der Waals surface area (Å²) in [5.74, 6) is -1.56. The molecular formula is C16H12ClNO4. The predicted octanol–water partition coefficient (Wildman–Crippen LogP) is 2.64. The lowest BCUT2D eigenvalue weighted by Gasteiger charge is -2.23. The second-order valence-electron chi connectivity index (χ2n) is 5.29. The number of halogens is 1. The first kappa shape index (κ1) is 14.5. The smallest absolute Gasteiger partial charge is 0.341 e. The van der Waals surface area contributed by atoms with Crippen LogP contribution in [0.4, 0.5) is 0 Å². The Labute approximate surface area is 130 Å². The summed E-state index contributed by atoms with van der Waals surface area (Å²) in [5, 5.41) is 9.58. The number of carboxylic acid groups (broad SMARTS) is 1. The number of aromatic amines is 1. The third-order valence-corrected chi connectivity index (χ3v) is 4.13. The molecule has 0 aliphatic heterocycles. The van der Waals surface area contributed by atoms with Gasteiger partial charge in [-0.25, -0.2) is 4.79 Å². The molecule has 1 aliphatic rings. The van der Waals surface area contributed by atoms with Gasteiger partial charge in [0.15, 0.2) is 5.78 Å². The predicted molar refractivity (Wildman–Crippen MR) is 80.9 cm³/mol. The van der Waals surface area contributed by atoms with Gasteiger partial charge in [-0.1, -0.05) is 23.7 Å². The third-order valence-electron chi connectivity index (χ3n) is 3.88. The maximum atomic E-state index is 12.3. The van der Waals surface area contributed by atoms with Gasteiger partial charge >= 0.3 is 5.97 Å². The number of hydrogen-bond donors (Lipinski definition) is 2. The van der Waals surface area contributed by atoms with E-state index in [1.807, 2.05) is 12.1 Å². The number of carbonyl (C=O) groups excluding carboxylic acids is 1.